The van der Waals surface area contributed by atoms with Crippen molar-refractivity contribution in [1.82, 2.24) is 24.7 Å². The van der Waals surface area contributed by atoms with Crippen LogP contribution < -0.4 is 15.5 Å². The van der Waals surface area contributed by atoms with E-state index in [1.54, 1.807) is 23.0 Å². The molecule has 1 saturated heterocycles. The van der Waals surface area contributed by atoms with E-state index in [9.17, 15) is 14.6 Å². The summed E-state index contributed by atoms with van der Waals surface area (Å²) in [5.41, 5.74) is 4.43. The number of fused-ring (bicyclic) bond motifs is 2. The lowest BCUT2D eigenvalue weighted by molar-refractivity contribution is 0.0110. The Morgan fingerprint density at radius 2 is 2.00 bits per heavy atom. The van der Waals surface area contributed by atoms with Crippen LogP contribution in [-0.4, -0.2) is 48.3 Å². The van der Waals surface area contributed by atoms with Crippen LogP contribution >= 0.6 is 0 Å². The lowest BCUT2D eigenvalue weighted by Crippen LogP contribution is -2.44. The van der Waals surface area contributed by atoms with Crippen molar-refractivity contribution in [2.24, 2.45) is 5.92 Å². The highest BCUT2D eigenvalue weighted by molar-refractivity contribution is 5.72. The number of halogens is 1. The highest BCUT2D eigenvalue weighted by atomic mass is 19.1. The van der Waals surface area contributed by atoms with E-state index in [4.69, 9.17) is 4.98 Å². The number of hydrogen-bond acceptors (Lipinski definition) is 8. The summed E-state index contributed by atoms with van der Waals surface area (Å²) in [6, 6.07) is 6.69. The average Bonchev–Trinajstić information content (AvgIpc) is 3.48. The van der Waals surface area contributed by atoms with Gasteiger partial charge in [0.1, 0.15) is 23.5 Å². The van der Waals surface area contributed by atoms with Crippen LogP contribution in [0.15, 0.2) is 49.1 Å². The molecule has 1 fully saturated rings. The molecule has 1 unspecified atom stereocenters. The maximum absolute atomic E-state index is 13.6. The molecule has 4 aromatic rings. The van der Waals surface area contributed by atoms with Gasteiger partial charge in [-0.3, -0.25) is 14.7 Å². The predicted molar refractivity (Wildman–Crippen MR) is 139 cm³/mol. The number of nitrogens with zero attached hydrogens (tertiary/aromatic N) is 5. The first-order valence-electron chi connectivity index (χ1n) is 12.5. The number of imidazole rings is 1. The highest BCUT2D eigenvalue weighted by Gasteiger charge is 2.32. The van der Waals surface area contributed by atoms with Crippen molar-refractivity contribution in [1.29, 1.82) is 0 Å². The smallest absolute Gasteiger partial charge is 0.140 e. The Kier molecular flexibility index (Phi) is 5.82. The summed E-state index contributed by atoms with van der Waals surface area (Å²) in [5.74, 6) is 0.503. The van der Waals surface area contributed by atoms with Gasteiger partial charge in [-0.25, -0.2) is 14.4 Å². The van der Waals surface area contributed by atoms with E-state index in [-0.39, 0.29) is 11.7 Å². The van der Waals surface area contributed by atoms with E-state index in [0.29, 0.717) is 35.0 Å². The number of aliphatic hydroxyl groups excluding tert-OH is 1. The van der Waals surface area contributed by atoms with E-state index in [2.05, 4.69) is 25.5 Å². The van der Waals surface area contributed by atoms with Crippen molar-refractivity contribution in [2.45, 2.75) is 45.1 Å². The lowest BCUT2D eigenvalue weighted by Gasteiger charge is -2.39. The number of aliphatic hydroxyl groups is 2. The molecule has 2 aliphatic heterocycles. The van der Waals surface area contributed by atoms with E-state index >= 15 is 0 Å². The first kappa shape index (κ1) is 23.8. The van der Waals surface area contributed by atoms with Gasteiger partial charge in [0, 0.05) is 48.9 Å². The molecule has 37 heavy (non-hydrogen) atoms. The molecule has 0 spiro atoms. The molecule has 0 aromatic carbocycles. The first-order valence-corrected chi connectivity index (χ1v) is 12.5. The van der Waals surface area contributed by atoms with Crippen LogP contribution in [0.2, 0.25) is 0 Å². The van der Waals surface area contributed by atoms with Crippen molar-refractivity contribution in [3.8, 4) is 11.4 Å². The average molecular weight is 504 g/mol. The van der Waals surface area contributed by atoms with Gasteiger partial charge in [0.2, 0.25) is 0 Å². The number of aromatic nitrogens is 4. The molecule has 192 valence electrons. The molecule has 4 aromatic heterocycles. The molecule has 0 saturated carbocycles. The molecule has 9 nitrogen and oxygen atoms in total. The largest absolute Gasteiger partial charge is 0.390 e. The van der Waals surface area contributed by atoms with Gasteiger partial charge < -0.3 is 20.4 Å². The zero-order valence-electron chi connectivity index (χ0n) is 20.8. The van der Waals surface area contributed by atoms with Gasteiger partial charge in [-0.1, -0.05) is 0 Å². The van der Waals surface area contributed by atoms with Crippen LogP contribution in [0.1, 0.15) is 44.0 Å². The van der Waals surface area contributed by atoms with Crippen molar-refractivity contribution in [3.05, 3.63) is 66.0 Å². The molecule has 0 radical (unpaired) electrons. The standard InChI is InChI=1S/C27H30FN7O2/c1-27(2,37)16-4-3-8-34(15-16)18-5-6-22(29-11-18)33-20-13-31-25(19-12-32-26(36)24(19)20)21-14-30-23-10-17(28)7-9-35(21)23/h5-7,9-11,13-14,16,26,32,36-37H,3-4,8,12,15H2,1-2H3,(H,29,33)/t16-,26?/m1/s1. The van der Waals surface area contributed by atoms with Crippen LogP contribution in [0.25, 0.3) is 17.0 Å². The Bertz CT molecular complexity index is 1450. The van der Waals surface area contributed by atoms with Gasteiger partial charge >= 0.3 is 0 Å². The fraction of sp³-hybridized carbons (Fsp3) is 0.370. The molecule has 0 aliphatic carbocycles. The molecule has 6 heterocycles. The Balaban J connectivity index is 1.27. The molecule has 2 atom stereocenters. The number of piperidine rings is 1. The van der Waals surface area contributed by atoms with E-state index < -0.39 is 11.8 Å². The van der Waals surface area contributed by atoms with Gasteiger partial charge in [-0.05, 0) is 44.9 Å². The van der Waals surface area contributed by atoms with Gasteiger partial charge in [0.25, 0.3) is 0 Å². The number of anilines is 3. The summed E-state index contributed by atoms with van der Waals surface area (Å²) in [7, 11) is 0. The molecule has 4 N–H and O–H groups in total. The third-order valence-corrected chi connectivity index (χ3v) is 7.48. The van der Waals surface area contributed by atoms with Crippen LogP contribution in [0.5, 0.6) is 0 Å². The summed E-state index contributed by atoms with van der Waals surface area (Å²) in [4.78, 5) is 15.9. The number of pyridine rings is 3. The summed E-state index contributed by atoms with van der Waals surface area (Å²) < 4.78 is 15.4. The van der Waals surface area contributed by atoms with Crippen LogP contribution in [0, 0.1) is 11.7 Å². The first-order chi connectivity index (χ1) is 17.8. The predicted octanol–water partition coefficient (Wildman–Crippen LogP) is 3.76. The summed E-state index contributed by atoms with van der Waals surface area (Å²) >= 11 is 0. The van der Waals surface area contributed by atoms with Gasteiger partial charge in [0.15, 0.2) is 0 Å². The maximum Gasteiger partial charge on any atom is 0.140 e. The molecule has 0 amide bonds. The van der Waals surface area contributed by atoms with Crippen LogP contribution in [0.3, 0.4) is 0 Å². The summed E-state index contributed by atoms with van der Waals surface area (Å²) in [5, 5.41) is 27.6. The summed E-state index contributed by atoms with van der Waals surface area (Å²) in [6.07, 6.45) is 8.00. The number of nitrogens with one attached hydrogen (secondary N) is 2. The SMILES string of the molecule is CC(C)(O)[C@@H]1CCCN(c2ccc(Nc3cnc(-c4cnc5cc(F)ccn45)c4c3C(O)NC4)nc2)C1. The topological polar surface area (TPSA) is 111 Å². The molecular formula is C27H30FN7O2. The van der Waals surface area contributed by atoms with Gasteiger partial charge in [0.05, 0.1) is 47.0 Å². The molecular weight excluding hydrogens is 473 g/mol. The quantitative estimate of drug-likeness (QED) is 0.326. The van der Waals surface area contributed by atoms with Crippen molar-refractivity contribution < 1.29 is 14.6 Å². The molecule has 10 heteroatoms. The summed E-state index contributed by atoms with van der Waals surface area (Å²) in [6.45, 7) is 5.93. The second kappa shape index (κ2) is 9.05. The Labute approximate surface area is 214 Å². The molecule has 0 bridgehead atoms. The lowest BCUT2D eigenvalue weighted by atomic mass is 9.84. The third kappa shape index (κ3) is 4.41. The number of rotatable bonds is 5. The van der Waals surface area contributed by atoms with Crippen molar-refractivity contribution in [3.63, 3.8) is 0 Å². The van der Waals surface area contributed by atoms with Crippen LogP contribution in [0.4, 0.5) is 21.6 Å². The second-order valence-corrected chi connectivity index (χ2v) is 10.4. The minimum absolute atomic E-state index is 0.215. The zero-order valence-corrected chi connectivity index (χ0v) is 20.8. The maximum atomic E-state index is 13.6. The Morgan fingerprint density at radius 3 is 2.78 bits per heavy atom. The van der Waals surface area contributed by atoms with E-state index in [1.807, 2.05) is 32.2 Å². The third-order valence-electron chi connectivity index (χ3n) is 7.48. The molecule has 2 aliphatic rings. The van der Waals surface area contributed by atoms with Gasteiger partial charge in [-0.2, -0.15) is 0 Å². The zero-order chi connectivity index (χ0) is 25.7. The fourth-order valence-corrected chi connectivity index (χ4v) is 5.38. The Hall–Kier alpha value is -3.60. The highest BCUT2D eigenvalue weighted by Crippen LogP contribution is 2.37. The Morgan fingerprint density at radius 1 is 1.14 bits per heavy atom. The van der Waals surface area contributed by atoms with E-state index in [1.165, 1.54) is 12.1 Å². The van der Waals surface area contributed by atoms with Gasteiger partial charge in [-0.15, -0.1) is 0 Å². The fourth-order valence-electron chi connectivity index (χ4n) is 5.38. The molecule has 6 rings (SSSR count). The van der Waals surface area contributed by atoms with Crippen molar-refractivity contribution in [2.75, 3.05) is 23.3 Å². The number of hydrogen-bond donors (Lipinski definition) is 4. The minimum Gasteiger partial charge on any atom is -0.390 e. The normalized spacial score (nSPS) is 19.9. The second-order valence-electron chi connectivity index (χ2n) is 10.4. The van der Waals surface area contributed by atoms with E-state index in [0.717, 1.165) is 42.9 Å². The monoisotopic (exact) mass is 503 g/mol. The minimum atomic E-state index is -0.859. The van der Waals surface area contributed by atoms with Crippen molar-refractivity contribution >= 4 is 22.8 Å². The van der Waals surface area contributed by atoms with Crippen LogP contribution in [-0.2, 0) is 6.54 Å².